The Labute approximate surface area is 155 Å². The van der Waals surface area contributed by atoms with E-state index in [1.807, 2.05) is 31.4 Å². The van der Waals surface area contributed by atoms with E-state index in [4.69, 9.17) is 9.47 Å². The lowest BCUT2D eigenvalue weighted by Crippen LogP contribution is -2.18. The van der Waals surface area contributed by atoms with Gasteiger partial charge in [0.05, 0.1) is 11.5 Å². The van der Waals surface area contributed by atoms with E-state index in [2.05, 4.69) is 14.5 Å². The van der Waals surface area contributed by atoms with Gasteiger partial charge in [-0.15, -0.1) is 11.3 Å². The van der Waals surface area contributed by atoms with Crippen LogP contribution in [0.5, 0.6) is 5.88 Å². The van der Waals surface area contributed by atoms with Crippen molar-refractivity contribution < 1.29 is 14.3 Å². The Morgan fingerprint density at radius 2 is 2.31 bits per heavy atom. The lowest BCUT2D eigenvalue weighted by Gasteiger charge is -2.14. The number of thiophene rings is 1. The van der Waals surface area contributed by atoms with E-state index in [0.29, 0.717) is 11.4 Å². The molecule has 0 amide bonds. The molecule has 1 aliphatic heterocycles. The van der Waals surface area contributed by atoms with E-state index < -0.39 is 0 Å². The Bertz CT molecular complexity index is 941. The molecule has 4 rings (SSSR count). The van der Waals surface area contributed by atoms with Gasteiger partial charge in [0, 0.05) is 30.1 Å². The molecule has 3 aromatic heterocycles. The van der Waals surface area contributed by atoms with Crippen molar-refractivity contribution in [2.45, 2.75) is 39.3 Å². The Balaban J connectivity index is 1.48. The molecule has 3 aromatic rings. The summed E-state index contributed by atoms with van der Waals surface area (Å²) in [5.41, 5.74) is 2.75. The van der Waals surface area contributed by atoms with Crippen LogP contribution in [0.4, 0.5) is 0 Å². The molecule has 0 radical (unpaired) electrons. The smallest absolute Gasteiger partial charge is 0.225 e. The zero-order chi connectivity index (χ0) is 18.1. The molecule has 136 valence electrons. The van der Waals surface area contributed by atoms with E-state index in [1.165, 1.54) is 17.7 Å². The van der Waals surface area contributed by atoms with Crippen molar-refractivity contribution in [3.63, 3.8) is 0 Å². The number of carbonyl (C=O) groups excluding carboxylic acids is 1. The first-order valence-electron chi connectivity index (χ1n) is 8.76. The average molecular weight is 371 g/mol. The van der Waals surface area contributed by atoms with E-state index >= 15 is 0 Å². The molecule has 7 heteroatoms. The van der Waals surface area contributed by atoms with Gasteiger partial charge in [0.15, 0.2) is 6.61 Å². The number of rotatable bonds is 6. The number of aromatic nitrogens is 3. The highest BCUT2D eigenvalue weighted by Gasteiger charge is 2.21. The maximum Gasteiger partial charge on any atom is 0.225 e. The average Bonchev–Trinajstić information content (AvgIpc) is 3.37. The summed E-state index contributed by atoms with van der Waals surface area (Å²) < 4.78 is 13.6. The quantitative estimate of drug-likeness (QED) is 0.620. The summed E-state index contributed by atoms with van der Waals surface area (Å²) in [5, 5.41) is 2.78. The topological polar surface area (TPSA) is 66.2 Å². The third-order valence-electron chi connectivity index (χ3n) is 4.85. The largest absolute Gasteiger partial charge is 0.469 e. The number of ketones is 1. The first-order valence-corrected chi connectivity index (χ1v) is 9.64. The molecular formula is C19H21N3O3S. The van der Waals surface area contributed by atoms with Crippen LogP contribution in [0.3, 0.4) is 0 Å². The Hall–Kier alpha value is -2.25. The van der Waals surface area contributed by atoms with Gasteiger partial charge < -0.3 is 14.0 Å². The zero-order valence-electron chi connectivity index (χ0n) is 14.9. The van der Waals surface area contributed by atoms with Crippen LogP contribution in [-0.4, -0.2) is 39.6 Å². The van der Waals surface area contributed by atoms with Crippen molar-refractivity contribution in [2.24, 2.45) is 0 Å². The molecule has 0 unspecified atom stereocenters. The van der Waals surface area contributed by atoms with Crippen molar-refractivity contribution in [3.8, 4) is 5.88 Å². The zero-order valence-corrected chi connectivity index (χ0v) is 15.7. The number of aryl methyl sites for hydroxylation is 1. The number of carbonyl (C=O) groups is 1. The second kappa shape index (κ2) is 7.17. The number of ether oxygens (including phenoxy) is 2. The summed E-state index contributed by atoms with van der Waals surface area (Å²) in [7, 11) is 0. The highest BCUT2D eigenvalue weighted by Crippen LogP contribution is 2.26. The molecule has 0 spiro atoms. The van der Waals surface area contributed by atoms with Gasteiger partial charge in [-0.1, -0.05) is 0 Å². The summed E-state index contributed by atoms with van der Waals surface area (Å²) in [4.78, 5) is 21.9. The molecular weight excluding hydrogens is 350 g/mol. The number of hydrogen-bond donors (Lipinski definition) is 0. The van der Waals surface area contributed by atoms with Crippen molar-refractivity contribution in [1.29, 1.82) is 0 Å². The number of hydrogen-bond acceptors (Lipinski definition) is 6. The number of Topliss-reactive ketones (excluding diaryl/α,β-unsaturated/α-hetero) is 1. The lowest BCUT2D eigenvalue weighted by molar-refractivity contribution is 0.0912. The fraction of sp³-hybridized carbons (Fsp3) is 0.421. The number of fused-ring (bicyclic) bond motifs is 1. The minimum absolute atomic E-state index is 0.0355. The molecule has 4 heterocycles. The van der Waals surface area contributed by atoms with Crippen LogP contribution in [-0.2, 0) is 11.3 Å². The van der Waals surface area contributed by atoms with Crippen LogP contribution < -0.4 is 4.74 Å². The minimum Gasteiger partial charge on any atom is -0.469 e. The molecule has 26 heavy (non-hydrogen) atoms. The standard InChI is InChI=1S/C19H21N3O3S/c1-12-8-16(13(2)22(12)9-14-4-3-6-24-14)17(23)10-25-18-15-5-7-26-19(15)21-11-20-18/h5,7-8,11,14H,3-4,6,9-10H2,1-2H3/t14-/m0/s1. The SMILES string of the molecule is Cc1cc(C(=O)COc2ncnc3sccc23)c(C)n1C[C@@H]1CCCO1. The molecule has 6 nitrogen and oxygen atoms in total. The van der Waals surface area contributed by atoms with E-state index in [0.717, 1.165) is 47.6 Å². The molecule has 0 aromatic carbocycles. The van der Waals surface area contributed by atoms with Gasteiger partial charge in [0.25, 0.3) is 0 Å². The first kappa shape index (κ1) is 17.2. The first-order chi connectivity index (χ1) is 12.6. The summed E-state index contributed by atoms with van der Waals surface area (Å²) in [6, 6.07) is 3.85. The van der Waals surface area contributed by atoms with Crippen LogP contribution >= 0.6 is 11.3 Å². The lowest BCUT2D eigenvalue weighted by atomic mass is 10.1. The highest BCUT2D eigenvalue weighted by molar-refractivity contribution is 7.16. The maximum absolute atomic E-state index is 12.7. The van der Waals surface area contributed by atoms with Crippen molar-refractivity contribution in [2.75, 3.05) is 13.2 Å². The second-order valence-electron chi connectivity index (χ2n) is 6.56. The van der Waals surface area contributed by atoms with Gasteiger partial charge >= 0.3 is 0 Å². The normalized spacial score (nSPS) is 17.1. The predicted octanol–water partition coefficient (Wildman–Crippen LogP) is 3.55. The molecule has 1 atom stereocenters. The molecule has 0 aliphatic carbocycles. The van der Waals surface area contributed by atoms with Crippen LogP contribution in [0.15, 0.2) is 23.8 Å². The van der Waals surface area contributed by atoms with Gasteiger partial charge in [-0.25, -0.2) is 9.97 Å². The summed E-state index contributed by atoms with van der Waals surface area (Å²) in [6.07, 6.45) is 3.89. The molecule has 1 fully saturated rings. The minimum atomic E-state index is -0.0429. The highest BCUT2D eigenvalue weighted by atomic mass is 32.1. The summed E-state index contributed by atoms with van der Waals surface area (Å²) >= 11 is 1.52. The van der Waals surface area contributed by atoms with Gasteiger partial charge in [0.1, 0.15) is 11.2 Å². The molecule has 0 saturated carbocycles. The maximum atomic E-state index is 12.7. The van der Waals surface area contributed by atoms with Crippen molar-refractivity contribution in [3.05, 3.63) is 40.8 Å². The van der Waals surface area contributed by atoms with Crippen molar-refractivity contribution >= 4 is 27.3 Å². The third-order valence-corrected chi connectivity index (χ3v) is 5.67. The fourth-order valence-corrected chi connectivity index (χ4v) is 4.17. The molecule has 1 saturated heterocycles. The van der Waals surface area contributed by atoms with Crippen LogP contribution in [0, 0.1) is 13.8 Å². The summed E-state index contributed by atoms with van der Waals surface area (Å²) in [5.74, 6) is 0.413. The van der Waals surface area contributed by atoms with Crippen LogP contribution in [0.25, 0.3) is 10.2 Å². The number of nitrogens with zero attached hydrogens (tertiary/aromatic N) is 3. The fourth-order valence-electron chi connectivity index (χ4n) is 3.45. The Morgan fingerprint density at radius 3 is 3.12 bits per heavy atom. The van der Waals surface area contributed by atoms with Gasteiger partial charge in [0.2, 0.25) is 11.7 Å². The third kappa shape index (κ3) is 3.24. The molecule has 1 aliphatic rings. The van der Waals surface area contributed by atoms with Gasteiger partial charge in [-0.2, -0.15) is 0 Å². The van der Waals surface area contributed by atoms with E-state index in [-0.39, 0.29) is 18.5 Å². The van der Waals surface area contributed by atoms with Crippen molar-refractivity contribution in [1.82, 2.24) is 14.5 Å². The molecule has 0 bridgehead atoms. The van der Waals surface area contributed by atoms with Crippen LogP contribution in [0.1, 0.15) is 34.6 Å². The molecule has 0 N–H and O–H groups in total. The summed E-state index contributed by atoms with van der Waals surface area (Å²) in [6.45, 7) is 5.61. The van der Waals surface area contributed by atoms with E-state index in [9.17, 15) is 4.79 Å². The van der Waals surface area contributed by atoms with Gasteiger partial charge in [-0.3, -0.25) is 4.79 Å². The predicted molar refractivity (Wildman–Crippen MR) is 100 cm³/mol. The van der Waals surface area contributed by atoms with Gasteiger partial charge in [-0.05, 0) is 44.2 Å². The van der Waals surface area contributed by atoms with E-state index in [1.54, 1.807) is 0 Å². The Morgan fingerprint density at radius 1 is 1.42 bits per heavy atom. The van der Waals surface area contributed by atoms with Crippen LogP contribution in [0.2, 0.25) is 0 Å². The second-order valence-corrected chi connectivity index (χ2v) is 7.46. The Kier molecular flexibility index (Phi) is 4.74. The monoisotopic (exact) mass is 371 g/mol.